The highest BCUT2D eigenvalue weighted by molar-refractivity contribution is 8.01. The van der Waals surface area contributed by atoms with Crippen LogP contribution in [0.2, 0.25) is 0 Å². The van der Waals surface area contributed by atoms with Gasteiger partial charge in [-0.15, -0.1) is 23.1 Å². The first-order valence-electron chi connectivity index (χ1n) is 10.5. The van der Waals surface area contributed by atoms with Crippen molar-refractivity contribution >= 4 is 51.2 Å². The van der Waals surface area contributed by atoms with Gasteiger partial charge < -0.3 is 4.74 Å². The van der Waals surface area contributed by atoms with E-state index >= 15 is 0 Å². The third-order valence-corrected chi connectivity index (χ3v) is 9.39. The number of carbonyl (C=O) groups excluding carboxylic acids is 2. The van der Waals surface area contributed by atoms with E-state index < -0.39 is 21.5 Å². The van der Waals surface area contributed by atoms with Gasteiger partial charge in [0.05, 0.1) is 18.9 Å². The molecule has 0 aliphatic heterocycles. The molecule has 0 spiro atoms. The van der Waals surface area contributed by atoms with Gasteiger partial charge in [-0.3, -0.25) is 15.5 Å². The van der Waals surface area contributed by atoms with Gasteiger partial charge in [-0.25, -0.2) is 13.2 Å². The van der Waals surface area contributed by atoms with Crippen molar-refractivity contribution in [1.29, 1.82) is 5.41 Å². The average molecular weight is 531 g/mol. The summed E-state index contributed by atoms with van der Waals surface area (Å²) in [4.78, 5) is 23.8. The molecular formula is C25H26N2O5S3. The van der Waals surface area contributed by atoms with E-state index in [0.717, 1.165) is 23.2 Å². The number of amidine groups is 1. The van der Waals surface area contributed by atoms with Crippen LogP contribution in [0.15, 0.2) is 62.5 Å². The van der Waals surface area contributed by atoms with E-state index in [2.05, 4.69) is 5.32 Å². The van der Waals surface area contributed by atoms with Crippen LogP contribution in [0.5, 0.6) is 0 Å². The van der Waals surface area contributed by atoms with Crippen LogP contribution in [-0.2, 0) is 14.6 Å². The third-order valence-electron chi connectivity index (χ3n) is 4.92. The smallest absolute Gasteiger partial charge is 0.413 e. The van der Waals surface area contributed by atoms with Crippen molar-refractivity contribution in [3.63, 3.8) is 0 Å². The Kier molecular flexibility index (Phi) is 7.88. The van der Waals surface area contributed by atoms with E-state index in [-0.39, 0.29) is 15.6 Å². The molecule has 7 nitrogen and oxygen atoms in total. The van der Waals surface area contributed by atoms with Gasteiger partial charge in [0.15, 0.2) is 0 Å². The van der Waals surface area contributed by atoms with Crippen molar-refractivity contribution in [2.24, 2.45) is 0 Å². The maximum atomic E-state index is 13.7. The van der Waals surface area contributed by atoms with E-state index in [1.807, 2.05) is 12.1 Å². The summed E-state index contributed by atoms with van der Waals surface area (Å²) >= 11 is 2.37. The number of amides is 1. The first kappa shape index (κ1) is 26.7. The molecule has 2 aromatic carbocycles. The fourth-order valence-electron chi connectivity index (χ4n) is 3.39. The number of hydrogen-bond acceptors (Lipinski definition) is 8. The number of aldehydes is 1. The molecule has 10 heteroatoms. The molecule has 1 heterocycles. The van der Waals surface area contributed by atoms with Gasteiger partial charge in [0, 0.05) is 5.56 Å². The summed E-state index contributed by atoms with van der Waals surface area (Å²) in [7, 11) is -3.95. The van der Waals surface area contributed by atoms with Crippen molar-refractivity contribution in [3.8, 4) is 11.1 Å². The molecule has 1 amide bonds. The Morgan fingerprint density at radius 2 is 1.80 bits per heavy atom. The Hall–Kier alpha value is -2.95. The molecule has 35 heavy (non-hydrogen) atoms. The van der Waals surface area contributed by atoms with Crippen LogP contribution in [0, 0.1) is 12.3 Å². The maximum absolute atomic E-state index is 13.7. The number of rotatable bonds is 6. The van der Waals surface area contributed by atoms with Crippen LogP contribution in [-0.4, -0.2) is 38.5 Å². The number of thioether (sulfide) groups is 1. The van der Waals surface area contributed by atoms with Crippen LogP contribution in [0.25, 0.3) is 11.1 Å². The van der Waals surface area contributed by atoms with Gasteiger partial charge in [0.1, 0.15) is 17.7 Å². The Bertz CT molecular complexity index is 1400. The van der Waals surface area contributed by atoms with Gasteiger partial charge in [0.2, 0.25) is 9.84 Å². The summed E-state index contributed by atoms with van der Waals surface area (Å²) in [5, 5.41) is 10.6. The lowest BCUT2D eigenvalue weighted by atomic mass is 9.99. The van der Waals surface area contributed by atoms with Gasteiger partial charge in [-0.1, -0.05) is 30.3 Å². The maximum Gasteiger partial charge on any atom is 0.413 e. The SMILES string of the molecule is CSc1sc(C(=N)NC(=O)OC(C)(C)C)cc1S(=O)(=O)c1cccc(-c2cccc(C=O)c2)c1C. The molecule has 3 rings (SSSR count). The second-order valence-electron chi connectivity index (χ2n) is 8.64. The number of thiophene rings is 1. The molecule has 184 valence electrons. The lowest BCUT2D eigenvalue weighted by molar-refractivity contribution is 0.0563. The molecule has 3 aromatic rings. The molecule has 0 bridgehead atoms. The number of benzene rings is 2. The van der Waals surface area contributed by atoms with Crippen molar-refractivity contribution in [1.82, 2.24) is 5.32 Å². The topological polar surface area (TPSA) is 113 Å². The Morgan fingerprint density at radius 3 is 2.43 bits per heavy atom. The zero-order valence-corrected chi connectivity index (χ0v) is 22.4. The number of nitrogens with one attached hydrogen (secondary N) is 2. The molecular weight excluding hydrogens is 504 g/mol. The summed E-state index contributed by atoms with van der Waals surface area (Å²) in [6.07, 6.45) is 1.72. The molecule has 0 saturated carbocycles. The zero-order valence-electron chi connectivity index (χ0n) is 20.0. The quantitative estimate of drug-likeness (QED) is 0.176. The first-order chi connectivity index (χ1) is 16.4. The highest BCUT2D eigenvalue weighted by Crippen LogP contribution is 2.39. The molecule has 0 radical (unpaired) electrons. The number of ether oxygens (including phenoxy) is 1. The van der Waals surface area contributed by atoms with Crippen molar-refractivity contribution in [2.75, 3.05) is 6.26 Å². The molecule has 1 aromatic heterocycles. The van der Waals surface area contributed by atoms with Gasteiger partial charge in [0.25, 0.3) is 0 Å². The molecule has 0 saturated heterocycles. The minimum atomic E-state index is -3.95. The molecule has 0 aliphatic carbocycles. The highest BCUT2D eigenvalue weighted by atomic mass is 32.2. The fourth-order valence-corrected chi connectivity index (χ4v) is 7.55. The number of sulfone groups is 1. The second-order valence-corrected chi connectivity index (χ2v) is 12.7. The van der Waals surface area contributed by atoms with Crippen LogP contribution >= 0.6 is 23.1 Å². The average Bonchev–Trinajstić information content (AvgIpc) is 3.23. The van der Waals surface area contributed by atoms with Gasteiger partial charge in [-0.2, -0.15) is 0 Å². The number of alkyl carbamates (subject to hydrolysis) is 1. The molecule has 2 N–H and O–H groups in total. The minimum Gasteiger partial charge on any atom is -0.444 e. The molecule has 0 unspecified atom stereocenters. The largest absolute Gasteiger partial charge is 0.444 e. The molecule has 0 fully saturated rings. The Labute approximate surface area is 213 Å². The second kappa shape index (κ2) is 10.3. The molecule has 0 aliphatic rings. The Morgan fingerprint density at radius 1 is 1.11 bits per heavy atom. The lowest BCUT2D eigenvalue weighted by Gasteiger charge is -2.19. The summed E-state index contributed by atoms with van der Waals surface area (Å²) in [5.74, 6) is -0.239. The van der Waals surface area contributed by atoms with Gasteiger partial charge >= 0.3 is 6.09 Å². The van der Waals surface area contributed by atoms with Crippen molar-refractivity contribution in [3.05, 3.63) is 64.5 Å². The lowest BCUT2D eigenvalue weighted by Crippen LogP contribution is -2.36. The van der Waals surface area contributed by atoms with E-state index in [1.54, 1.807) is 64.3 Å². The van der Waals surface area contributed by atoms with E-state index in [4.69, 9.17) is 10.1 Å². The zero-order chi connectivity index (χ0) is 26.0. The van der Waals surface area contributed by atoms with Gasteiger partial charge in [-0.05, 0) is 68.8 Å². The van der Waals surface area contributed by atoms with E-state index in [1.165, 1.54) is 17.8 Å². The monoisotopic (exact) mass is 530 g/mol. The van der Waals surface area contributed by atoms with Crippen LogP contribution in [0.4, 0.5) is 4.79 Å². The highest BCUT2D eigenvalue weighted by Gasteiger charge is 2.28. The first-order valence-corrected chi connectivity index (χ1v) is 14.1. The third kappa shape index (κ3) is 6.01. The number of hydrogen-bond donors (Lipinski definition) is 2. The van der Waals surface area contributed by atoms with Crippen LogP contribution < -0.4 is 5.32 Å². The summed E-state index contributed by atoms with van der Waals surface area (Å²) in [6, 6.07) is 13.4. The standard InChI is InChI=1S/C25H26N2O5S3/c1-15-18(17-9-6-8-16(12-17)14-28)10-7-11-20(15)35(30,31)21-13-19(34-23(21)33-5)22(26)27-24(29)32-25(2,3)4/h6-14H,1-5H3,(H2,26,27,29). The summed E-state index contributed by atoms with van der Waals surface area (Å²) < 4.78 is 33.2. The Balaban J connectivity index is 2.01. The van der Waals surface area contributed by atoms with Crippen LogP contribution in [0.3, 0.4) is 0 Å². The fraction of sp³-hybridized carbons (Fsp3) is 0.240. The van der Waals surface area contributed by atoms with E-state index in [9.17, 15) is 18.0 Å². The van der Waals surface area contributed by atoms with Crippen molar-refractivity contribution < 1.29 is 22.7 Å². The number of carbonyl (C=O) groups is 2. The van der Waals surface area contributed by atoms with Crippen molar-refractivity contribution in [2.45, 2.75) is 47.3 Å². The summed E-state index contributed by atoms with van der Waals surface area (Å²) in [5.41, 5.74) is 1.77. The normalized spacial score (nSPS) is 11.7. The minimum absolute atomic E-state index is 0.0719. The predicted molar refractivity (Wildman–Crippen MR) is 140 cm³/mol. The summed E-state index contributed by atoms with van der Waals surface area (Å²) in [6.45, 7) is 6.87. The van der Waals surface area contributed by atoms with E-state index in [0.29, 0.717) is 25.8 Å². The predicted octanol–water partition coefficient (Wildman–Crippen LogP) is 5.94. The van der Waals surface area contributed by atoms with Crippen LogP contribution in [0.1, 0.15) is 41.6 Å². The molecule has 0 atom stereocenters.